The van der Waals surface area contributed by atoms with Gasteiger partial charge in [-0.25, -0.2) is 0 Å². The van der Waals surface area contributed by atoms with E-state index in [-0.39, 0.29) is 0 Å². The lowest BCUT2D eigenvalue weighted by atomic mass is 9.97. The topological polar surface area (TPSA) is 20.2 Å². The quantitative estimate of drug-likeness (QED) is 0.854. The van der Waals surface area contributed by atoms with E-state index in [1.54, 1.807) is 0 Å². The Labute approximate surface area is 123 Å². The molecule has 1 unspecified atom stereocenters. The molecule has 0 saturated carbocycles. The van der Waals surface area contributed by atoms with Gasteiger partial charge in [0.05, 0.1) is 6.10 Å². The standard InChI is InChI=1S/C17H19BrO/c1-12(2)14-5-7-15(8-6-14)17(19)11-13-3-9-16(18)10-4-13/h3-10,12,17,19H,11H2,1-2H3. The van der Waals surface area contributed by atoms with Gasteiger partial charge in [-0.2, -0.15) is 0 Å². The fraction of sp³-hybridized carbons (Fsp3) is 0.294. The van der Waals surface area contributed by atoms with Gasteiger partial charge < -0.3 is 5.11 Å². The van der Waals surface area contributed by atoms with Gasteiger partial charge in [0.1, 0.15) is 0 Å². The van der Waals surface area contributed by atoms with E-state index in [0.717, 1.165) is 15.6 Å². The van der Waals surface area contributed by atoms with Crippen molar-refractivity contribution < 1.29 is 5.11 Å². The molecule has 0 saturated heterocycles. The van der Waals surface area contributed by atoms with Crippen LogP contribution < -0.4 is 0 Å². The van der Waals surface area contributed by atoms with Crippen LogP contribution in [0.3, 0.4) is 0 Å². The molecule has 0 fully saturated rings. The molecule has 0 radical (unpaired) electrons. The van der Waals surface area contributed by atoms with Crippen molar-refractivity contribution in [1.82, 2.24) is 0 Å². The highest BCUT2D eigenvalue weighted by molar-refractivity contribution is 9.10. The lowest BCUT2D eigenvalue weighted by Crippen LogP contribution is -2.02. The molecule has 1 atom stereocenters. The molecule has 0 spiro atoms. The highest BCUT2D eigenvalue weighted by Crippen LogP contribution is 2.22. The van der Waals surface area contributed by atoms with Gasteiger partial charge in [0.25, 0.3) is 0 Å². The minimum atomic E-state index is -0.442. The monoisotopic (exact) mass is 318 g/mol. The first-order valence-corrected chi connectivity index (χ1v) is 7.38. The summed E-state index contributed by atoms with van der Waals surface area (Å²) in [6.45, 7) is 4.35. The van der Waals surface area contributed by atoms with Crippen molar-refractivity contribution in [3.63, 3.8) is 0 Å². The molecule has 2 aromatic rings. The molecule has 1 nitrogen and oxygen atoms in total. The molecule has 1 N–H and O–H groups in total. The second-order valence-electron chi connectivity index (χ2n) is 5.17. The van der Waals surface area contributed by atoms with Crippen LogP contribution in [0.25, 0.3) is 0 Å². The fourth-order valence-corrected chi connectivity index (χ4v) is 2.33. The van der Waals surface area contributed by atoms with Crippen LogP contribution in [0, 0.1) is 0 Å². The van der Waals surface area contributed by atoms with Gasteiger partial charge in [0.15, 0.2) is 0 Å². The van der Waals surface area contributed by atoms with Crippen LogP contribution in [0.5, 0.6) is 0 Å². The first-order valence-electron chi connectivity index (χ1n) is 6.58. The predicted molar refractivity (Wildman–Crippen MR) is 83.3 cm³/mol. The Balaban J connectivity index is 2.07. The van der Waals surface area contributed by atoms with E-state index < -0.39 is 6.10 Å². The van der Waals surface area contributed by atoms with E-state index >= 15 is 0 Å². The number of aliphatic hydroxyl groups is 1. The Morgan fingerprint density at radius 1 is 0.895 bits per heavy atom. The third kappa shape index (κ3) is 3.92. The van der Waals surface area contributed by atoms with E-state index in [9.17, 15) is 5.11 Å². The van der Waals surface area contributed by atoms with Crippen molar-refractivity contribution in [1.29, 1.82) is 0 Å². The van der Waals surface area contributed by atoms with Crippen molar-refractivity contribution in [2.24, 2.45) is 0 Å². The lowest BCUT2D eigenvalue weighted by molar-refractivity contribution is 0.178. The van der Waals surface area contributed by atoms with Crippen molar-refractivity contribution in [2.45, 2.75) is 32.3 Å². The average molecular weight is 319 g/mol. The normalized spacial score (nSPS) is 12.7. The number of hydrogen-bond donors (Lipinski definition) is 1. The van der Waals surface area contributed by atoms with Crippen LogP contribution in [-0.4, -0.2) is 5.11 Å². The molecule has 0 bridgehead atoms. The van der Waals surface area contributed by atoms with Crippen molar-refractivity contribution >= 4 is 15.9 Å². The molecular formula is C17H19BrO. The Kier molecular flexibility index (Phi) is 4.78. The van der Waals surface area contributed by atoms with Gasteiger partial charge >= 0.3 is 0 Å². The highest BCUT2D eigenvalue weighted by Gasteiger charge is 2.09. The van der Waals surface area contributed by atoms with E-state index in [0.29, 0.717) is 12.3 Å². The van der Waals surface area contributed by atoms with E-state index in [1.807, 2.05) is 36.4 Å². The van der Waals surface area contributed by atoms with Crippen molar-refractivity contribution in [3.8, 4) is 0 Å². The molecule has 2 heteroatoms. The SMILES string of the molecule is CC(C)c1ccc(C(O)Cc2ccc(Br)cc2)cc1. The summed E-state index contributed by atoms with van der Waals surface area (Å²) in [5.41, 5.74) is 3.43. The van der Waals surface area contributed by atoms with Crippen LogP contribution in [0.2, 0.25) is 0 Å². The number of hydrogen-bond acceptors (Lipinski definition) is 1. The Morgan fingerprint density at radius 3 is 1.95 bits per heavy atom. The van der Waals surface area contributed by atoms with E-state index in [2.05, 4.69) is 41.9 Å². The largest absolute Gasteiger partial charge is 0.388 e. The van der Waals surface area contributed by atoms with Gasteiger partial charge in [0.2, 0.25) is 0 Å². The lowest BCUT2D eigenvalue weighted by Gasteiger charge is -2.13. The summed E-state index contributed by atoms with van der Waals surface area (Å²) in [6.07, 6.45) is 0.205. The summed E-state index contributed by atoms with van der Waals surface area (Å²) in [5, 5.41) is 10.3. The number of aliphatic hydroxyl groups excluding tert-OH is 1. The Morgan fingerprint density at radius 2 is 1.42 bits per heavy atom. The summed E-state index contributed by atoms with van der Waals surface area (Å²) in [5.74, 6) is 0.526. The molecular weight excluding hydrogens is 300 g/mol. The van der Waals surface area contributed by atoms with Gasteiger partial charge in [0, 0.05) is 10.9 Å². The van der Waals surface area contributed by atoms with E-state index in [4.69, 9.17) is 0 Å². The van der Waals surface area contributed by atoms with Gasteiger partial charge in [-0.15, -0.1) is 0 Å². The van der Waals surface area contributed by atoms with Crippen LogP contribution in [0.4, 0.5) is 0 Å². The molecule has 19 heavy (non-hydrogen) atoms. The third-order valence-electron chi connectivity index (χ3n) is 3.33. The van der Waals surface area contributed by atoms with Crippen LogP contribution in [-0.2, 0) is 6.42 Å². The highest BCUT2D eigenvalue weighted by atomic mass is 79.9. The minimum Gasteiger partial charge on any atom is -0.388 e. The zero-order valence-corrected chi connectivity index (χ0v) is 12.9. The molecule has 2 rings (SSSR count). The fourth-order valence-electron chi connectivity index (χ4n) is 2.06. The molecule has 0 aliphatic heterocycles. The summed E-state index contributed by atoms with van der Waals surface area (Å²) < 4.78 is 1.06. The van der Waals surface area contributed by atoms with Gasteiger partial charge in [-0.05, 0) is 34.7 Å². The molecule has 0 aliphatic rings. The molecule has 0 amide bonds. The van der Waals surface area contributed by atoms with Crippen molar-refractivity contribution in [3.05, 3.63) is 69.7 Å². The number of rotatable bonds is 4. The summed E-state index contributed by atoms with van der Waals surface area (Å²) in [6, 6.07) is 16.3. The predicted octanol–water partition coefficient (Wildman–Crippen LogP) is 4.85. The van der Waals surface area contributed by atoms with Crippen LogP contribution >= 0.6 is 15.9 Å². The van der Waals surface area contributed by atoms with Gasteiger partial charge in [-0.1, -0.05) is 66.2 Å². The zero-order valence-electron chi connectivity index (χ0n) is 11.3. The second kappa shape index (κ2) is 6.36. The number of benzene rings is 2. The first kappa shape index (κ1) is 14.3. The molecule has 0 aromatic heterocycles. The third-order valence-corrected chi connectivity index (χ3v) is 3.86. The second-order valence-corrected chi connectivity index (χ2v) is 6.08. The summed E-state index contributed by atoms with van der Waals surface area (Å²) >= 11 is 3.42. The maximum atomic E-state index is 10.3. The maximum absolute atomic E-state index is 10.3. The average Bonchev–Trinajstić information content (AvgIpc) is 2.41. The number of halogens is 1. The molecule has 100 valence electrons. The Hall–Kier alpha value is -1.12. The Bertz CT molecular complexity index is 514. The smallest absolute Gasteiger partial charge is 0.0830 e. The minimum absolute atomic E-state index is 0.442. The van der Waals surface area contributed by atoms with E-state index in [1.165, 1.54) is 5.56 Å². The maximum Gasteiger partial charge on any atom is 0.0830 e. The molecule has 0 heterocycles. The summed E-state index contributed by atoms with van der Waals surface area (Å²) in [7, 11) is 0. The first-order chi connectivity index (χ1) is 9.06. The zero-order chi connectivity index (χ0) is 13.8. The van der Waals surface area contributed by atoms with Crippen LogP contribution in [0.1, 0.15) is 42.6 Å². The summed E-state index contributed by atoms with van der Waals surface area (Å²) in [4.78, 5) is 0. The van der Waals surface area contributed by atoms with Gasteiger partial charge in [-0.3, -0.25) is 0 Å². The van der Waals surface area contributed by atoms with Crippen molar-refractivity contribution in [2.75, 3.05) is 0 Å². The molecule has 0 aliphatic carbocycles. The molecule has 2 aromatic carbocycles. The van der Waals surface area contributed by atoms with Crippen LogP contribution in [0.15, 0.2) is 53.0 Å².